The second kappa shape index (κ2) is 11.3. The minimum atomic E-state index is -0.934. The lowest BCUT2D eigenvalue weighted by Gasteiger charge is -2.34. The van der Waals surface area contributed by atoms with Gasteiger partial charge in [-0.05, 0) is 60.3 Å². The van der Waals surface area contributed by atoms with Gasteiger partial charge in [-0.15, -0.1) is 0 Å². The summed E-state index contributed by atoms with van der Waals surface area (Å²) in [6.45, 7) is 4.02. The molecular formula is C32H34F3N5O4. The number of fused-ring (bicyclic) bond motifs is 3. The fourth-order valence-corrected chi connectivity index (χ4v) is 7.22. The van der Waals surface area contributed by atoms with E-state index in [0.717, 1.165) is 19.4 Å². The Bertz CT molecular complexity index is 1740. The third kappa shape index (κ3) is 4.89. The highest BCUT2D eigenvalue weighted by Gasteiger charge is 2.49. The minimum absolute atomic E-state index is 0.0523. The summed E-state index contributed by atoms with van der Waals surface area (Å²) in [6, 6.07) is 5.72. The lowest BCUT2D eigenvalue weighted by atomic mass is 9.94. The molecule has 4 aromatic rings. The third-order valence-corrected chi connectivity index (χ3v) is 9.28. The van der Waals surface area contributed by atoms with E-state index in [-0.39, 0.29) is 41.7 Å². The maximum atomic E-state index is 16.7. The van der Waals surface area contributed by atoms with E-state index in [1.165, 1.54) is 24.4 Å². The number of phenolic OH excluding ortho intramolecular Hbond substituents is 1. The molecule has 232 valence electrons. The number of rotatable bonds is 7. The molecule has 0 saturated carbocycles. The molecule has 9 nitrogen and oxygen atoms in total. The van der Waals surface area contributed by atoms with Crippen LogP contribution in [0, 0.1) is 11.6 Å². The largest absolute Gasteiger partial charge is 0.508 e. The van der Waals surface area contributed by atoms with Crippen molar-refractivity contribution in [3.05, 3.63) is 47.7 Å². The Morgan fingerprint density at radius 1 is 1.16 bits per heavy atom. The Morgan fingerprint density at radius 3 is 2.84 bits per heavy atom. The van der Waals surface area contributed by atoms with E-state index in [4.69, 9.17) is 9.47 Å². The number of hydrogen-bond donors (Lipinski definition) is 2. The van der Waals surface area contributed by atoms with Gasteiger partial charge in [0.2, 0.25) is 0 Å². The summed E-state index contributed by atoms with van der Waals surface area (Å²) in [4.78, 5) is 17.7. The molecule has 0 radical (unpaired) electrons. The van der Waals surface area contributed by atoms with Crippen LogP contribution in [0.4, 0.5) is 19.0 Å². The molecule has 3 aliphatic heterocycles. The van der Waals surface area contributed by atoms with Crippen LogP contribution in [0.25, 0.3) is 32.9 Å². The van der Waals surface area contributed by atoms with Crippen molar-refractivity contribution in [2.75, 3.05) is 50.9 Å². The topological polar surface area (TPSA) is 104 Å². The summed E-state index contributed by atoms with van der Waals surface area (Å²) >= 11 is 0. The highest BCUT2D eigenvalue weighted by molar-refractivity contribution is 6.01. The van der Waals surface area contributed by atoms with E-state index in [1.807, 2.05) is 11.8 Å². The molecular weight excluding hydrogens is 575 g/mol. The molecule has 1 unspecified atom stereocenters. The number of aromatic hydroxyl groups is 1. The Kier molecular flexibility index (Phi) is 7.46. The van der Waals surface area contributed by atoms with Crippen molar-refractivity contribution in [1.82, 2.24) is 19.9 Å². The molecule has 0 aliphatic carbocycles. The highest BCUT2D eigenvalue weighted by atomic mass is 19.1. The van der Waals surface area contributed by atoms with Crippen molar-refractivity contribution in [2.24, 2.45) is 0 Å². The molecule has 3 aliphatic rings. The first-order valence-electron chi connectivity index (χ1n) is 15.1. The molecule has 0 amide bonds. The van der Waals surface area contributed by atoms with Crippen molar-refractivity contribution in [3.8, 4) is 23.0 Å². The Labute approximate surface area is 252 Å². The van der Waals surface area contributed by atoms with Gasteiger partial charge in [0.05, 0.1) is 30.2 Å². The van der Waals surface area contributed by atoms with Gasteiger partial charge < -0.3 is 24.6 Å². The molecule has 5 heterocycles. The first-order chi connectivity index (χ1) is 21.3. The van der Waals surface area contributed by atoms with Gasteiger partial charge in [-0.3, -0.25) is 9.88 Å². The van der Waals surface area contributed by atoms with Crippen LogP contribution in [0.2, 0.25) is 0 Å². The number of aliphatic hydroxyl groups is 1. The molecule has 2 N–H and O–H groups in total. The molecule has 3 fully saturated rings. The number of aliphatic hydroxyl groups excluding tert-OH is 1. The van der Waals surface area contributed by atoms with E-state index >= 15 is 4.39 Å². The Balaban J connectivity index is 1.37. The number of aryl methyl sites for hydroxylation is 1. The van der Waals surface area contributed by atoms with E-state index in [2.05, 4.69) is 19.9 Å². The lowest BCUT2D eigenvalue weighted by Crippen LogP contribution is -2.45. The summed E-state index contributed by atoms with van der Waals surface area (Å²) in [7, 11) is 0. The first-order valence-corrected chi connectivity index (χ1v) is 15.1. The number of anilines is 1. The second-order valence-electron chi connectivity index (χ2n) is 12.0. The van der Waals surface area contributed by atoms with Crippen molar-refractivity contribution in [2.45, 2.75) is 50.4 Å². The number of halogens is 3. The standard InChI is InChI=1S/C32H34F3N5O4/c1-2-22-25(34)5-4-18-10-20(42)11-23(26(18)22)28-27(35)29-24(13-36-28)30(39-8-9-43-21(15-39)16-41)38-31(37-29)44-17-32-6-3-7-40(32)14-19(33)12-32/h4-5,10-11,13,19,21,41-42H,2-3,6-9,12,14-17H2,1H3/t19-,21?,32+/m1/s1. The predicted octanol–water partition coefficient (Wildman–Crippen LogP) is 4.54. The number of alkyl halides is 1. The fraction of sp³-hybridized carbons (Fsp3) is 0.469. The van der Waals surface area contributed by atoms with Crippen LogP contribution < -0.4 is 9.64 Å². The molecule has 2 aromatic carbocycles. The maximum Gasteiger partial charge on any atom is 0.319 e. The minimum Gasteiger partial charge on any atom is -0.508 e. The maximum absolute atomic E-state index is 16.7. The van der Waals surface area contributed by atoms with Crippen molar-refractivity contribution in [3.63, 3.8) is 0 Å². The highest BCUT2D eigenvalue weighted by Crippen LogP contribution is 2.42. The van der Waals surface area contributed by atoms with Crippen LogP contribution in [0.3, 0.4) is 0 Å². The number of ether oxygens (including phenoxy) is 2. The van der Waals surface area contributed by atoms with Crippen LogP contribution in [0.1, 0.15) is 31.7 Å². The molecule has 7 rings (SSSR count). The van der Waals surface area contributed by atoms with Gasteiger partial charge >= 0.3 is 6.01 Å². The zero-order valence-electron chi connectivity index (χ0n) is 24.4. The van der Waals surface area contributed by atoms with Crippen LogP contribution in [-0.2, 0) is 11.2 Å². The van der Waals surface area contributed by atoms with Crippen LogP contribution in [0.5, 0.6) is 11.8 Å². The quantitative estimate of drug-likeness (QED) is 0.313. The molecule has 0 spiro atoms. The second-order valence-corrected chi connectivity index (χ2v) is 12.0. The van der Waals surface area contributed by atoms with Gasteiger partial charge in [0.25, 0.3) is 0 Å². The van der Waals surface area contributed by atoms with E-state index in [0.29, 0.717) is 66.6 Å². The van der Waals surface area contributed by atoms with Gasteiger partial charge in [0.1, 0.15) is 41.4 Å². The molecule has 44 heavy (non-hydrogen) atoms. The van der Waals surface area contributed by atoms with Crippen molar-refractivity contribution in [1.29, 1.82) is 0 Å². The number of aromatic nitrogens is 3. The van der Waals surface area contributed by atoms with Crippen molar-refractivity contribution >= 4 is 27.5 Å². The van der Waals surface area contributed by atoms with Gasteiger partial charge in [0.15, 0.2) is 5.82 Å². The molecule has 3 saturated heterocycles. The SMILES string of the molecule is CCc1c(F)ccc2cc(O)cc(-c3ncc4c(N5CCOC(CO)C5)nc(OC[C@@]56CCCN5C[C@H](F)C6)nc4c3F)c12. The normalized spacial score (nSPS) is 24.0. The number of morpholine rings is 1. The van der Waals surface area contributed by atoms with Crippen LogP contribution in [0.15, 0.2) is 30.5 Å². The number of benzene rings is 2. The van der Waals surface area contributed by atoms with Gasteiger partial charge in [-0.25, -0.2) is 13.2 Å². The zero-order chi connectivity index (χ0) is 30.6. The number of pyridine rings is 1. The Hall–Kier alpha value is -3.74. The summed E-state index contributed by atoms with van der Waals surface area (Å²) in [5.74, 6) is -0.934. The van der Waals surface area contributed by atoms with Crippen molar-refractivity contribution < 1.29 is 32.9 Å². The monoisotopic (exact) mass is 609 g/mol. The first kappa shape index (κ1) is 29.0. The summed E-state index contributed by atoms with van der Waals surface area (Å²) in [5.41, 5.74) is 0.0231. The zero-order valence-corrected chi connectivity index (χ0v) is 24.4. The number of nitrogens with zero attached hydrogens (tertiary/aromatic N) is 5. The van der Waals surface area contributed by atoms with Gasteiger partial charge in [0, 0.05) is 37.8 Å². The molecule has 2 aromatic heterocycles. The van der Waals surface area contributed by atoms with E-state index in [9.17, 15) is 19.0 Å². The average molecular weight is 610 g/mol. The number of hydrogen-bond acceptors (Lipinski definition) is 9. The molecule has 3 atom stereocenters. The fourth-order valence-electron chi connectivity index (χ4n) is 7.22. The van der Waals surface area contributed by atoms with Crippen LogP contribution >= 0.6 is 0 Å². The van der Waals surface area contributed by atoms with E-state index < -0.39 is 29.4 Å². The molecule has 12 heteroatoms. The summed E-state index contributed by atoms with van der Waals surface area (Å²) in [6.07, 6.45) is 2.52. The lowest BCUT2D eigenvalue weighted by molar-refractivity contribution is 0.00339. The average Bonchev–Trinajstić information content (AvgIpc) is 3.55. The van der Waals surface area contributed by atoms with Gasteiger partial charge in [-0.2, -0.15) is 9.97 Å². The number of phenols is 1. The summed E-state index contributed by atoms with van der Waals surface area (Å²) < 4.78 is 57.8. The summed E-state index contributed by atoms with van der Waals surface area (Å²) in [5, 5.41) is 21.6. The third-order valence-electron chi connectivity index (χ3n) is 9.28. The van der Waals surface area contributed by atoms with Gasteiger partial charge in [-0.1, -0.05) is 13.0 Å². The Morgan fingerprint density at radius 2 is 2.02 bits per heavy atom. The van der Waals surface area contributed by atoms with Crippen LogP contribution in [-0.4, -0.2) is 93.9 Å². The molecule has 0 bridgehead atoms. The predicted molar refractivity (Wildman–Crippen MR) is 159 cm³/mol. The smallest absolute Gasteiger partial charge is 0.319 e. The van der Waals surface area contributed by atoms with E-state index in [1.54, 1.807) is 6.07 Å².